The molecule has 30 heavy (non-hydrogen) atoms. The largest absolute Gasteiger partial charge is 0.368 e. The highest BCUT2D eigenvalue weighted by Crippen LogP contribution is 2.42. The summed E-state index contributed by atoms with van der Waals surface area (Å²) in [6.07, 6.45) is 20.3. The number of nitrogens with zero attached hydrogens (tertiary/aromatic N) is 2. The molecule has 6 rings (SSSR count). The predicted octanol–water partition coefficient (Wildman–Crippen LogP) is 6.82. The van der Waals surface area contributed by atoms with Crippen molar-refractivity contribution in [2.24, 2.45) is 11.8 Å². The third-order valence-corrected chi connectivity index (χ3v) is 9.09. The van der Waals surface area contributed by atoms with Crippen LogP contribution in [0.2, 0.25) is 0 Å². The summed E-state index contributed by atoms with van der Waals surface area (Å²) < 4.78 is 0. The summed E-state index contributed by atoms with van der Waals surface area (Å²) in [6, 6.07) is 11.7. The Morgan fingerprint density at radius 3 is 2.30 bits per heavy atom. The topological polar surface area (TPSA) is 6.48 Å². The Morgan fingerprint density at radius 1 is 0.767 bits per heavy atom. The van der Waals surface area contributed by atoms with E-state index < -0.39 is 0 Å². The van der Waals surface area contributed by atoms with Crippen LogP contribution in [-0.2, 0) is 6.42 Å². The molecule has 3 heterocycles. The molecule has 1 unspecified atom stereocenters. The third-order valence-electron chi connectivity index (χ3n) is 9.09. The van der Waals surface area contributed by atoms with Gasteiger partial charge in [-0.2, -0.15) is 0 Å². The zero-order valence-corrected chi connectivity index (χ0v) is 19.4. The Kier molecular flexibility index (Phi) is 6.70. The van der Waals surface area contributed by atoms with E-state index >= 15 is 0 Å². The van der Waals surface area contributed by atoms with Crippen molar-refractivity contribution >= 4 is 5.69 Å². The van der Waals surface area contributed by atoms with Crippen LogP contribution in [0.3, 0.4) is 0 Å². The van der Waals surface area contributed by atoms with Crippen LogP contribution in [-0.4, -0.2) is 36.1 Å². The summed E-state index contributed by atoms with van der Waals surface area (Å²) in [7, 11) is 0. The fraction of sp³-hybridized carbons (Fsp3) is 0.786. The first-order valence-corrected chi connectivity index (χ1v) is 13.4. The molecule has 5 aliphatic rings. The highest BCUT2D eigenvalue weighted by atomic mass is 15.2. The van der Waals surface area contributed by atoms with Crippen LogP contribution >= 0.6 is 0 Å². The van der Waals surface area contributed by atoms with Gasteiger partial charge in [0.25, 0.3) is 0 Å². The van der Waals surface area contributed by atoms with Crippen LogP contribution in [0.5, 0.6) is 0 Å². The molecule has 2 aliphatic carbocycles. The Balaban J connectivity index is 1.34. The van der Waals surface area contributed by atoms with Crippen LogP contribution in [0, 0.1) is 11.8 Å². The standard InChI is InChI=1S/C28H44N2/c1-22-19-23-15-16-26(29-18-17-24-11-9-10-14-27(24)29)20-28(22)30(21-23)25-12-7-5-3-2-4-6-8-13-25/h9-11,14,22-23,25-26,28H,2-8,12-13,15-21H2,1H3/t22-,23?,26-,28+/m1/s1. The smallest absolute Gasteiger partial charge is 0.0402 e. The number of benzene rings is 1. The summed E-state index contributed by atoms with van der Waals surface area (Å²) in [5.74, 6) is 1.81. The zero-order valence-electron chi connectivity index (χ0n) is 19.4. The summed E-state index contributed by atoms with van der Waals surface area (Å²) in [4.78, 5) is 5.89. The van der Waals surface area contributed by atoms with E-state index in [1.165, 1.54) is 103 Å². The van der Waals surface area contributed by atoms with E-state index in [2.05, 4.69) is 41.0 Å². The lowest BCUT2D eigenvalue weighted by molar-refractivity contribution is -0.00494. The minimum Gasteiger partial charge on any atom is -0.368 e. The molecule has 2 saturated heterocycles. The zero-order chi connectivity index (χ0) is 20.3. The molecule has 1 aromatic carbocycles. The maximum absolute atomic E-state index is 3.08. The van der Waals surface area contributed by atoms with E-state index in [4.69, 9.17) is 0 Å². The summed E-state index contributed by atoms with van der Waals surface area (Å²) in [5.41, 5.74) is 3.14. The SMILES string of the molecule is C[C@@H]1CC2CC[C@@H](N3CCc4ccccc43)C[C@@H]1N(C1CCCCCCCCC1)C2. The lowest BCUT2D eigenvalue weighted by Crippen LogP contribution is -2.56. The first-order chi connectivity index (χ1) is 14.8. The van der Waals surface area contributed by atoms with Gasteiger partial charge in [-0.15, -0.1) is 0 Å². The normalized spacial score (nSPS) is 34.4. The average molecular weight is 409 g/mol. The molecule has 0 N–H and O–H groups in total. The number of para-hydroxylation sites is 1. The Hall–Kier alpha value is -1.02. The molecular formula is C28H44N2. The van der Waals surface area contributed by atoms with Gasteiger partial charge in [0.05, 0.1) is 0 Å². The van der Waals surface area contributed by atoms with Crippen LogP contribution in [0.4, 0.5) is 5.69 Å². The lowest BCUT2D eigenvalue weighted by Gasteiger charge is -2.52. The van der Waals surface area contributed by atoms with Crippen molar-refractivity contribution in [2.45, 2.75) is 115 Å². The minimum absolute atomic E-state index is 0.756. The van der Waals surface area contributed by atoms with Crippen molar-refractivity contribution in [1.29, 1.82) is 0 Å². The van der Waals surface area contributed by atoms with Gasteiger partial charge in [0.2, 0.25) is 0 Å². The van der Waals surface area contributed by atoms with Gasteiger partial charge < -0.3 is 4.90 Å². The minimum atomic E-state index is 0.756. The highest BCUT2D eigenvalue weighted by molar-refractivity contribution is 5.58. The Labute approximate surface area is 185 Å². The van der Waals surface area contributed by atoms with E-state index in [0.29, 0.717) is 0 Å². The predicted molar refractivity (Wildman–Crippen MR) is 128 cm³/mol. The van der Waals surface area contributed by atoms with Gasteiger partial charge in [-0.25, -0.2) is 0 Å². The monoisotopic (exact) mass is 408 g/mol. The third kappa shape index (κ3) is 4.45. The Morgan fingerprint density at radius 2 is 1.50 bits per heavy atom. The van der Waals surface area contributed by atoms with E-state index in [-0.39, 0.29) is 0 Å². The molecule has 4 fully saturated rings. The molecule has 0 aromatic heterocycles. The van der Waals surface area contributed by atoms with Crippen molar-refractivity contribution in [3.63, 3.8) is 0 Å². The molecule has 0 spiro atoms. The molecule has 2 heteroatoms. The van der Waals surface area contributed by atoms with Crippen molar-refractivity contribution in [3.05, 3.63) is 29.8 Å². The first-order valence-electron chi connectivity index (χ1n) is 13.4. The molecular weight excluding hydrogens is 364 g/mol. The van der Waals surface area contributed by atoms with Crippen molar-refractivity contribution in [2.75, 3.05) is 18.0 Å². The molecule has 4 atom stereocenters. The van der Waals surface area contributed by atoms with Crippen LogP contribution in [0.1, 0.15) is 96.0 Å². The number of anilines is 1. The Bertz CT molecular complexity index is 675. The van der Waals surface area contributed by atoms with Gasteiger partial charge in [0.15, 0.2) is 0 Å². The van der Waals surface area contributed by atoms with Crippen molar-refractivity contribution < 1.29 is 0 Å². The average Bonchev–Trinajstić information content (AvgIpc) is 3.17. The maximum atomic E-state index is 3.08. The molecule has 2 nitrogen and oxygen atoms in total. The molecule has 2 bridgehead atoms. The summed E-state index contributed by atoms with van der Waals surface area (Å²) in [6.45, 7) is 5.24. The number of hydrogen-bond acceptors (Lipinski definition) is 2. The van der Waals surface area contributed by atoms with Gasteiger partial charge in [0, 0.05) is 36.9 Å². The van der Waals surface area contributed by atoms with E-state index in [0.717, 1.165) is 30.0 Å². The summed E-state index contributed by atoms with van der Waals surface area (Å²) in [5, 5.41) is 0. The fourth-order valence-electron chi connectivity index (χ4n) is 7.49. The highest BCUT2D eigenvalue weighted by Gasteiger charge is 2.42. The maximum Gasteiger partial charge on any atom is 0.0402 e. The van der Waals surface area contributed by atoms with Gasteiger partial charge in [-0.3, -0.25) is 4.90 Å². The van der Waals surface area contributed by atoms with Crippen molar-refractivity contribution in [3.8, 4) is 0 Å². The van der Waals surface area contributed by atoms with E-state index in [1.54, 1.807) is 11.3 Å². The second-order valence-corrected chi connectivity index (χ2v) is 11.1. The molecule has 0 amide bonds. The van der Waals surface area contributed by atoms with E-state index in [1.807, 2.05) is 0 Å². The second-order valence-electron chi connectivity index (χ2n) is 11.1. The van der Waals surface area contributed by atoms with Crippen LogP contribution < -0.4 is 4.90 Å². The summed E-state index contributed by atoms with van der Waals surface area (Å²) >= 11 is 0. The number of piperidine rings is 1. The number of hydrogen-bond donors (Lipinski definition) is 0. The molecule has 3 aliphatic heterocycles. The molecule has 1 aromatic rings. The van der Waals surface area contributed by atoms with Gasteiger partial charge >= 0.3 is 0 Å². The van der Waals surface area contributed by atoms with Gasteiger partial charge in [-0.05, 0) is 68.4 Å². The van der Waals surface area contributed by atoms with Gasteiger partial charge in [-0.1, -0.05) is 70.1 Å². The van der Waals surface area contributed by atoms with Crippen LogP contribution in [0.25, 0.3) is 0 Å². The second kappa shape index (κ2) is 9.63. The molecule has 2 saturated carbocycles. The van der Waals surface area contributed by atoms with E-state index in [9.17, 15) is 0 Å². The lowest BCUT2D eigenvalue weighted by atomic mass is 9.74. The van der Waals surface area contributed by atoms with Gasteiger partial charge in [0.1, 0.15) is 0 Å². The van der Waals surface area contributed by atoms with Crippen LogP contribution in [0.15, 0.2) is 24.3 Å². The first kappa shape index (κ1) is 20.9. The number of fused-ring (bicyclic) bond motifs is 6. The molecule has 166 valence electrons. The quantitative estimate of drug-likeness (QED) is 0.529. The van der Waals surface area contributed by atoms with Crippen molar-refractivity contribution in [1.82, 2.24) is 4.90 Å². The number of rotatable bonds is 2. The fourth-order valence-corrected chi connectivity index (χ4v) is 7.49. The molecule has 0 radical (unpaired) electrons.